The van der Waals surface area contributed by atoms with E-state index in [4.69, 9.17) is 34.7 Å². The third kappa shape index (κ3) is 8.27. The number of rotatable bonds is 13. The van der Waals surface area contributed by atoms with Crippen molar-refractivity contribution in [2.75, 3.05) is 18.9 Å². The van der Waals surface area contributed by atoms with Gasteiger partial charge in [-0.05, 0) is 62.8 Å². The topological polar surface area (TPSA) is 215 Å². The van der Waals surface area contributed by atoms with Gasteiger partial charge in [-0.2, -0.15) is 15.4 Å². The largest absolute Gasteiger partial charge is 0.464 e. The minimum absolute atomic E-state index is 0.0929. The quantitative estimate of drug-likeness (QED) is 0.175. The van der Waals surface area contributed by atoms with Crippen LogP contribution < -0.4 is 21.1 Å². The number of esters is 2. The number of carbonyl (C=O) groups is 2. The number of nitriles is 1. The van der Waals surface area contributed by atoms with Crippen molar-refractivity contribution >= 4 is 31.0 Å². The number of nitrogens with one attached hydrogen (secondary N) is 1. The second-order valence-electron chi connectivity index (χ2n) is 11.9. The molecule has 1 saturated heterocycles. The number of nitrogens with zero attached hydrogens (tertiary/aromatic N) is 4. The van der Waals surface area contributed by atoms with Crippen LogP contribution in [-0.2, 0) is 32.9 Å². The van der Waals surface area contributed by atoms with Crippen LogP contribution in [0.5, 0.6) is 5.75 Å². The first-order chi connectivity index (χ1) is 22.5. The number of anilines is 1. The lowest BCUT2D eigenvalue weighted by Gasteiger charge is -2.28. The zero-order chi connectivity index (χ0) is 33.6. The van der Waals surface area contributed by atoms with E-state index in [1.165, 1.54) is 17.8 Å². The van der Waals surface area contributed by atoms with E-state index >= 15 is 0 Å². The van der Waals surface area contributed by atoms with Crippen molar-refractivity contribution in [1.82, 2.24) is 19.7 Å². The number of carbonyl (C=O) groups excluding carboxylic acids is 2. The summed E-state index contributed by atoms with van der Waals surface area (Å²) in [6, 6.07) is 12.8. The van der Waals surface area contributed by atoms with Gasteiger partial charge < -0.3 is 30.2 Å². The molecule has 2 aromatic heterocycles. The number of aromatic nitrogens is 3. The van der Waals surface area contributed by atoms with Crippen LogP contribution in [-0.4, -0.2) is 63.5 Å². The molecule has 0 amide bonds. The number of nitrogens with two attached hydrogens (primary N) is 2. The highest BCUT2D eigenvalue weighted by Crippen LogP contribution is 2.49. The summed E-state index contributed by atoms with van der Waals surface area (Å²) in [6.45, 7) is 2.78. The Balaban J connectivity index is 1.34. The SMILES string of the molecule is CCC(=O)O[C@@H]1C[C@@](C#N)(COP(=O)(N[C@@H](C)C(=O)OC[C@H]2CC[C@H](N)CC2)Oc2ccccc2)O[C@H]1c1ccc2c(N)ncnn12. The first-order valence-electron chi connectivity index (χ1n) is 15.6. The van der Waals surface area contributed by atoms with E-state index < -0.39 is 50.1 Å². The Morgan fingerprint density at radius 2 is 1.96 bits per heavy atom. The fraction of sp³-hybridized carbons (Fsp3) is 0.516. The molecule has 47 heavy (non-hydrogen) atoms. The molecule has 0 bridgehead atoms. The predicted octanol–water partition coefficient (Wildman–Crippen LogP) is 3.60. The van der Waals surface area contributed by atoms with Gasteiger partial charge in [0.15, 0.2) is 11.4 Å². The summed E-state index contributed by atoms with van der Waals surface area (Å²) in [5.41, 5.74) is 11.2. The van der Waals surface area contributed by atoms with Gasteiger partial charge in [-0.1, -0.05) is 25.1 Å². The summed E-state index contributed by atoms with van der Waals surface area (Å²) < 4.78 is 44.8. The maximum Gasteiger partial charge on any atom is 0.459 e. The molecular weight excluding hydrogens is 629 g/mol. The molecule has 1 aliphatic heterocycles. The monoisotopic (exact) mass is 669 g/mol. The first kappa shape index (κ1) is 34.3. The van der Waals surface area contributed by atoms with E-state index in [-0.39, 0.29) is 43.0 Å². The Bertz CT molecular complexity index is 1640. The first-order valence-corrected chi connectivity index (χ1v) is 17.1. The van der Waals surface area contributed by atoms with E-state index in [1.54, 1.807) is 49.4 Å². The molecule has 1 aliphatic carbocycles. The van der Waals surface area contributed by atoms with Crippen molar-refractivity contribution in [2.45, 2.75) is 82.3 Å². The molecule has 0 spiro atoms. The third-order valence-corrected chi connectivity index (χ3v) is 9.92. The Morgan fingerprint density at radius 3 is 2.66 bits per heavy atom. The minimum Gasteiger partial charge on any atom is -0.464 e. The van der Waals surface area contributed by atoms with Crippen molar-refractivity contribution in [3.05, 3.63) is 54.5 Å². The van der Waals surface area contributed by atoms with Crippen molar-refractivity contribution in [3.8, 4) is 11.8 Å². The summed E-state index contributed by atoms with van der Waals surface area (Å²) in [5, 5.41) is 17.3. The van der Waals surface area contributed by atoms with Crippen LogP contribution >= 0.6 is 7.75 Å². The molecule has 2 fully saturated rings. The highest BCUT2D eigenvalue weighted by atomic mass is 31.2. The van der Waals surface area contributed by atoms with E-state index in [0.29, 0.717) is 11.2 Å². The highest BCUT2D eigenvalue weighted by Gasteiger charge is 2.52. The van der Waals surface area contributed by atoms with Crippen LogP contribution in [0.2, 0.25) is 0 Å². The number of fused-ring (bicyclic) bond motifs is 1. The Labute approximate surface area is 272 Å². The summed E-state index contributed by atoms with van der Waals surface area (Å²) >= 11 is 0. The lowest BCUT2D eigenvalue weighted by atomic mass is 9.87. The molecule has 1 aromatic carbocycles. The molecule has 15 nitrogen and oxygen atoms in total. The predicted molar refractivity (Wildman–Crippen MR) is 168 cm³/mol. The molecule has 3 aromatic rings. The van der Waals surface area contributed by atoms with Crippen molar-refractivity contribution in [3.63, 3.8) is 0 Å². The Hall–Kier alpha value is -4.06. The Kier molecular flexibility index (Phi) is 10.8. The summed E-state index contributed by atoms with van der Waals surface area (Å²) in [4.78, 5) is 29.4. The van der Waals surface area contributed by atoms with Gasteiger partial charge in [-0.3, -0.25) is 14.1 Å². The minimum atomic E-state index is -4.35. The average molecular weight is 670 g/mol. The maximum absolute atomic E-state index is 14.2. The molecule has 0 radical (unpaired) electrons. The van der Waals surface area contributed by atoms with Crippen LogP contribution in [0.25, 0.3) is 5.52 Å². The summed E-state index contributed by atoms with van der Waals surface area (Å²) in [7, 11) is -4.35. The molecule has 16 heteroatoms. The molecular formula is C31H40N7O8P. The molecule has 3 heterocycles. The zero-order valence-electron chi connectivity index (χ0n) is 26.3. The smallest absolute Gasteiger partial charge is 0.459 e. The number of hydrogen-bond donors (Lipinski definition) is 3. The van der Waals surface area contributed by atoms with Gasteiger partial charge in [0.1, 0.15) is 48.5 Å². The van der Waals surface area contributed by atoms with Gasteiger partial charge >= 0.3 is 19.7 Å². The highest BCUT2D eigenvalue weighted by molar-refractivity contribution is 7.52. The molecule has 1 saturated carbocycles. The summed E-state index contributed by atoms with van der Waals surface area (Å²) in [6.07, 6.45) is 2.82. The Morgan fingerprint density at radius 1 is 1.21 bits per heavy atom. The summed E-state index contributed by atoms with van der Waals surface area (Å²) in [5.74, 6) is -0.517. The lowest BCUT2D eigenvalue weighted by molar-refractivity contribution is -0.152. The van der Waals surface area contributed by atoms with Crippen LogP contribution in [0.4, 0.5) is 5.82 Å². The van der Waals surface area contributed by atoms with Crippen LogP contribution in [0.3, 0.4) is 0 Å². The zero-order valence-corrected chi connectivity index (χ0v) is 27.2. The molecule has 1 unspecified atom stereocenters. The number of ether oxygens (including phenoxy) is 3. The van der Waals surface area contributed by atoms with Crippen molar-refractivity contribution < 1.29 is 37.4 Å². The van der Waals surface area contributed by atoms with Crippen LogP contribution in [0, 0.1) is 17.2 Å². The van der Waals surface area contributed by atoms with Gasteiger partial charge in [0.2, 0.25) is 0 Å². The standard InChI is InChI=1S/C31H40N7O8P/c1-3-27(39)44-26-15-31(17-32,45-28(26)24-13-14-25-29(34)35-19-36-38(24)25)18-43-47(41,46-23-7-5-4-6-8-23)37-20(2)30(40)42-16-21-9-11-22(33)12-10-21/h4-8,13-14,19-22,26,28H,3,9-12,15-16,18,33H2,1-2H3,(H,37,41)(H2,34,35,36)/t20-,21-,22-,26+,28-,31+,47?/m0/s1. The van der Waals surface area contributed by atoms with Gasteiger partial charge in [0.25, 0.3) is 0 Å². The van der Waals surface area contributed by atoms with E-state index in [1.807, 2.05) is 0 Å². The number of hydrogen-bond acceptors (Lipinski definition) is 13. The van der Waals surface area contributed by atoms with Gasteiger partial charge in [-0.25, -0.2) is 14.1 Å². The maximum atomic E-state index is 14.2. The van der Waals surface area contributed by atoms with Crippen LogP contribution in [0.15, 0.2) is 48.8 Å². The normalized spacial score (nSPS) is 26.2. The van der Waals surface area contributed by atoms with Gasteiger partial charge in [-0.15, -0.1) is 0 Å². The van der Waals surface area contributed by atoms with Crippen LogP contribution in [0.1, 0.15) is 64.2 Å². The van der Waals surface area contributed by atoms with Crippen molar-refractivity contribution in [2.24, 2.45) is 11.7 Å². The second kappa shape index (κ2) is 14.8. The number of nitrogen functional groups attached to an aromatic ring is 1. The second-order valence-corrected chi connectivity index (χ2v) is 13.6. The molecule has 5 N–H and O–H groups in total. The average Bonchev–Trinajstić information content (AvgIpc) is 3.66. The molecule has 252 valence electrons. The fourth-order valence-corrected chi connectivity index (χ4v) is 7.20. The van der Waals surface area contributed by atoms with E-state index in [0.717, 1.165) is 25.7 Å². The fourth-order valence-electron chi connectivity index (χ4n) is 5.66. The van der Waals surface area contributed by atoms with E-state index in [2.05, 4.69) is 21.2 Å². The lowest BCUT2D eigenvalue weighted by Crippen LogP contribution is -2.38. The van der Waals surface area contributed by atoms with Gasteiger partial charge in [0, 0.05) is 18.9 Å². The number of benzene rings is 1. The number of para-hydroxylation sites is 1. The van der Waals surface area contributed by atoms with Crippen molar-refractivity contribution in [1.29, 1.82) is 5.26 Å². The van der Waals surface area contributed by atoms with E-state index in [9.17, 15) is 19.4 Å². The molecule has 5 rings (SSSR count). The molecule has 2 aliphatic rings. The van der Waals surface area contributed by atoms with Gasteiger partial charge in [0.05, 0.1) is 12.3 Å². The molecule has 5 atom stereocenters. The third-order valence-electron chi connectivity index (χ3n) is 8.29.